The van der Waals surface area contributed by atoms with Crippen molar-refractivity contribution in [2.45, 2.75) is 13.3 Å². The number of hydrogen-bond donors (Lipinski definition) is 1. The predicted molar refractivity (Wildman–Crippen MR) is 112 cm³/mol. The fourth-order valence-electron chi connectivity index (χ4n) is 3.29. The smallest absolute Gasteiger partial charge is 0.229 e. The molecule has 0 spiro atoms. The fourth-order valence-corrected chi connectivity index (χ4v) is 3.29. The maximum atomic E-state index is 12.4. The number of fused-ring (bicyclic) bond motifs is 2. The number of carbonyl (C=O) groups excluding carboxylic acids is 1. The average Bonchev–Trinajstić information content (AvgIpc) is 3.33. The van der Waals surface area contributed by atoms with Gasteiger partial charge in [0.15, 0.2) is 17.2 Å². The number of nitrogens with zero attached hydrogens (tertiary/aromatic N) is 3. The molecule has 0 aliphatic rings. The van der Waals surface area contributed by atoms with Crippen LogP contribution in [0.4, 0.5) is 5.82 Å². The summed E-state index contributed by atoms with van der Waals surface area (Å²) >= 11 is 0. The zero-order valence-corrected chi connectivity index (χ0v) is 15.8. The van der Waals surface area contributed by atoms with E-state index in [9.17, 15) is 4.79 Å². The first-order chi connectivity index (χ1) is 14.2. The highest BCUT2D eigenvalue weighted by atomic mass is 16.3. The van der Waals surface area contributed by atoms with E-state index in [1.807, 2.05) is 67.6 Å². The Morgan fingerprint density at radius 1 is 1.07 bits per heavy atom. The summed E-state index contributed by atoms with van der Waals surface area (Å²) in [6.45, 7) is 2.02. The van der Waals surface area contributed by atoms with Crippen LogP contribution in [0.1, 0.15) is 11.1 Å². The molecular formula is C23H18N4O2. The minimum atomic E-state index is -0.119. The molecule has 0 saturated heterocycles. The SMILES string of the molecule is Cc1ccc(CC(=O)Nc2ccc3ncc(-c4cc5ccccc5o4)n3n2)cc1. The van der Waals surface area contributed by atoms with Crippen molar-refractivity contribution in [1.82, 2.24) is 14.6 Å². The first-order valence-electron chi connectivity index (χ1n) is 9.35. The summed E-state index contributed by atoms with van der Waals surface area (Å²) in [6.07, 6.45) is 2.01. The molecule has 1 N–H and O–H groups in total. The van der Waals surface area contributed by atoms with Crippen molar-refractivity contribution in [2.75, 3.05) is 5.32 Å². The second-order valence-corrected chi connectivity index (χ2v) is 6.99. The number of imidazole rings is 1. The molecule has 0 unspecified atom stereocenters. The largest absolute Gasteiger partial charge is 0.454 e. The van der Waals surface area contributed by atoms with Gasteiger partial charge >= 0.3 is 0 Å². The normalized spacial score (nSPS) is 11.2. The van der Waals surface area contributed by atoms with Gasteiger partial charge in [-0.1, -0.05) is 48.0 Å². The van der Waals surface area contributed by atoms with Crippen LogP contribution in [-0.4, -0.2) is 20.5 Å². The van der Waals surface area contributed by atoms with E-state index in [1.54, 1.807) is 16.8 Å². The Hall–Kier alpha value is -3.93. The monoisotopic (exact) mass is 382 g/mol. The number of hydrogen-bond acceptors (Lipinski definition) is 4. The molecule has 0 fully saturated rings. The Bertz CT molecular complexity index is 1300. The molecular weight excluding hydrogens is 364 g/mol. The molecule has 142 valence electrons. The molecule has 5 rings (SSSR count). The lowest BCUT2D eigenvalue weighted by Crippen LogP contribution is -2.16. The van der Waals surface area contributed by atoms with Gasteiger partial charge in [0, 0.05) is 5.39 Å². The van der Waals surface area contributed by atoms with Gasteiger partial charge in [0.25, 0.3) is 0 Å². The molecule has 3 aromatic heterocycles. The number of amides is 1. The van der Waals surface area contributed by atoms with Gasteiger partial charge in [0.1, 0.15) is 11.3 Å². The van der Waals surface area contributed by atoms with Gasteiger partial charge in [-0.3, -0.25) is 4.79 Å². The molecule has 0 radical (unpaired) electrons. The van der Waals surface area contributed by atoms with Crippen LogP contribution in [0.3, 0.4) is 0 Å². The molecule has 0 bridgehead atoms. The summed E-state index contributed by atoms with van der Waals surface area (Å²) in [4.78, 5) is 16.8. The highest BCUT2D eigenvalue weighted by Crippen LogP contribution is 2.28. The second kappa shape index (κ2) is 6.91. The van der Waals surface area contributed by atoms with Gasteiger partial charge in [-0.15, -0.1) is 5.10 Å². The minimum Gasteiger partial charge on any atom is -0.454 e. The lowest BCUT2D eigenvalue weighted by molar-refractivity contribution is -0.115. The van der Waals surface area contributed by atoms with Crippen molar-refractivity contribution in [1.29, 1.82) is 0 Å². The highest BCUT2D eigenvalue weighted by molar-refractivity contribution is 5.91. The fraction of sp³-hybridized carbons (Fsp3) is 0.0870. The summed E-state index contributed by atoms with van der Waals surface area (Å²) in [5.74, 6) is 1.02. The van der Waals surface area contributed by atoms with Crippen LogP contribution >= 0.6 is 0 Å². The van der Waals surface area contributed by atoms with E-state index in [0.29, 0.717) is 23.6 Å². The zero-order valence-electron chi connectivity index (χ0n) is 15.8. The van der Waals surface area contributed by atoms with Crippen molar-refractivity contribution < 1.29 is 9.21 Å². The molecule has 1 amide bonds. The van der Waals surface area contributed by atoms with E-state index in [4.69, 9.17) is 4.42 Å². The first-order valence-corrected chi connectivity index (χ1v) is 9.35. The van der Waals surface area contributed by atoms with Gasteiger partial charge in [-0.25, -0.2) is 9.50 Å². The van der Waals surface area contributed by atoms with E-state index in [0.717, 1.165) is 22.2 Å². The number of carbonyl (C=O) groups is 1. The molecule has 6 nitrogen and oxygen atoms in total. The predicted octanol–water partition coefficient (Wildman–Crippen LogP) is 4.63. The van der Waals surface area contributed by atoms with Crippen LogP contribution in [0.5, 0.6) is 0 Å². The molecule has 0 aliphatic heterocycles. The molecule has 0 aliphatic carbocycles. The number of benzene rings is 2. The topological polar surface area (TPSA) is 72.4 Å². The minimum absolute atomic E-state index is 0.119. The Balaban J connectivity index is 1.43. The number of anilines is 1. The standard InChI is InChI=1S/C23H18N4O2/c1-15-6-8-16(9-7-15)12-23(28)25-21-10-11-22-24-14-18(27(22)26-21)20-13-17-4-2-3-5-19(17)29-20/h2-11,13-14H,12H2,1H3,(H,25,26,28). The Morgan fingerprint density at radius 2 is 1.90 bits per heavy atom. The summed E-state index contributed by atoms with van der Waals surface area (Å²) in [7, 11) is 0. The highest BCUT2D eigenvalue weighted by Gasteiger charge is 2.13. The van der Waals surface area contributed by atoms with E-state index in [1.165, 1.54) is 5.56 Å². The number of rotatable bonds is 4. The second-order valence-electron chi connectivity index (χ2n) is 6.99. The Morgan fingerprint density at radius 3 is 2.72 bits per heavy atom. The number of aromatic nitrogens is 3. The van der Waals surface area contributed by atoms with Gasteiger partial charge in [0.2, 0.25) is 5.91 Å². The van der Waals surface area contributed by atoms with Crippen LogP contribution in [0, 0.1) is 6.92 Å². The van der Waals surface area contributed by atoms with Crippen molar-refractivity contribution in [3.05, 3.63) is 84.1 Å². The van der Waals surface area contributed by atoms with E-state index in [2.05, 4.69) is 15.4 Å². The molecule has 0 saturated carbocycles. The van der Waals surface area contributed by atoms with Gasteiger partial charge < -0.3 is 9.73 Å². The number of nitrogens with one attached hydrogen (secondary N) is 1. The third-order valence-electron chi connectivity index (χ3n) is 4.79. The van der Waals surface area contributed by atoms with Gasteiger partial charge in [-0.05, 0) is 36.8 Å². The van der Waals surface area contributed by atoms with Crippen LogP contribution in [0.15, 0.2) is 77.3 Å². The average molecular weight is 382 g/mol. The van der Waals surface area contributed by atoms with Crippen molar-refractivity contribution in [2.24, 2.45) is 0 Å². The molecule has 0 atom stereocenters. The summed E-state index contributed by atoms with van der Waals surface area (Å²) < 4.78 is 7.62. The molecule has 5 aromatic rings. The first kappa shape index (κ1) is 17.2. The van der Waals surface area contributed by atoms with Crippen molar-refractivity contribution in [3.63, 3.8) is 0 Å². The van der Waals surface area contributed by atoms with Crippen molar-refractivity contribution >= 4 is 28.3 Å². The number of aryl methyl sites for hydroxylation is 1. The molecule has 6 heteroatoms. The molecule has 29 heavy (non-hydrogen) atoms. The third kappa shape index (κ3) is 3.36. The summed E-state index contributed by atoms with van der Waals surface area (Å²) in [6, 6.07) is 21.3. The van der Waals surface area contributed by atoms with E-state index < -0.39 is 0 Å². The summed E-state index contributed by atoms with van der Waals surface area (Å²) in [5.41, 5.74) is 4.34. The van der Waals surface area contributed by atoms with Crippen LogP contribution in [0.25, 0.3) is 28.1 Å². The lowest BCUT2D eigenvalue weighted by Gasteiger charge is -2.06. The van der Waals surface area contributed by atoms with Gasteiger partial charge in [-0.2, -0.15) is 0 Å². The maximum Gasteiger partial charge on any atom is 0.229 e. The lowest BCUT2D eigenvalue weighted by atomic mass is 10.1. The van der Waals surface area contributed by atoms with Crippen molar-refractivity contribution in [3.8, 4) is 11.5 Å². The van der Waals surface area contributed by atoms with E-state index in [-0.39, 0.29) is 5.91 Å². The molecule has 3 heterocycles. The van der Waals surface area contributed by atoms with Crippen LogP contribution in [-0.2, 0) is 11.2 Å². The quantitative estimate of drug-likeness (QED) is 0.492. The Kier molecular flexibility index (Phi) is 4.09. The Labute approximate surface area is 166 Å². The number of para-hydroxylation sites is 1. The van der Waals surface area contributed by atoms with E-state index >= 15 is 0 Å². The van der Waals surface area contributed by atoms with Crippen LogP contribution in [0.2, 0.25) is 0 Å². The third-order valence-corrected chi connectivity index (χ3v) is 4.79. The molecule has 2 aromatic carbocycles. The van der Waals surface area contributed by atoms with Crippen LogP contribution < -0.4 is 5.32 Å². The zero-order chi connectivity index (χ0) is 19.8. The van der Waals surface area contributed by atoms with Gasteiger partial charge in [0.05, 0.1) is 12.6 Å². The maximum absolute atomic E-state index is 12.4. The summed E-state index contributed by atoms with van der Waals surface area (Å²) in [5, 5.41) is 8.42. The number of furan rings is 1.